The SMILES string of the molecule is CO[C@H]1O[C@H](COS(=O)(=O)O)[C@@H](OS(=O)(=O)O)[C@H](O[C@@H]2O[C@H](C(=O)O)[C@@H](O)[C@H](O)[C@H]2O)[C@H]1NC(C)=O. The number of hydrogen-bond acceptors (Lipinski definition) is 15. The van der Waals surface area contributed by atoms with Crippen LogP contribution in [0.1, 0.15) is 6.92 Å². The van der Waals surface area contributed by atoms with Crippen LogP contribution in [0.2, 0.25) is 0 Å². The Hall–Kier alpha value is -1.60. The van der Waals surface area contributed by atoms with Crippen molar-refractivity contribution in [1.82, 2.24) is 5.32 Å². The Bertz CT molecular complexity index is 1000. The van der Waals surface area contributed by atoms with Gasteiger partial charge in [0, 0.05) is 14.0 Å². The smallest absolute Gasteiger partial charge is 0.397 e. The molecule has 2 saturated heterocycles. The number of aliphatic carboxylic acids is 1. The fraction of sp³-hybridized carbons (Fsp3) is 0.867. The molecule has 19 nitrogen and oxygen atoms in total. The number of amides is 1. The molecule has 2 heterocycles. The van der Waals surface area contributed by atoms with E-state index >= 15 is 0 Å². The Kier molecular flexibility index (Phi) is 10.1. The van der Waals surface area contributed by atoms with E-state index in [1.807, 2.05) is 0 Å². The van der Waals surface area contributed by atoms with Crippen LogP contribution in [-0.4, -0.2) is 133 Å². The Balaban J connectivity index is 2.53. The van der Waals surface area contributed by atoms with Crippen LogP contribution in [0.5, 0.6) is 0 Å². The summed E-state index contributed by atoms with van der Waals surface area (Å²) in [7, 11) is -9.47. The molecule has 1 amide bonds. The molecule has 2 fully saturated rings. The average molecular weight is 571 g/mol. The lowest BCUT2D eigenvalue weighted by Gasteiger charge is -2.47. The third-order valence-corrected chi connectivity index (χ3v) is 5.87. The molecule has 21 heteroatoms. The topological polar surface area (TPSA) is 291 Å². The van der Waals surface area contributed by atoms with Crippen LogP contribution in [0, 0.1) is 0 Å². The third kappa shape index (κ3) is 7.95. The number of aliphatic hydroxyl groups excluding tert-OH is 3. The van der Waals surface area contributed by atoms with Crippen molar-refractivity contribution in [3.05, 3.63) is 0 Å². The second kappa shape index (κ2) is 11.8. The van der Waals surface area contributed by atoms with Gasteiger partial charge in [0.05, 0.1) is 6.61 Å². The molecule has 2 rings (SSSR count). The van der Waals surface area contributed by atoms with Crippen molar-refractivity contribution in [3.63, 3.8) is 0 Å². The van der Waals surface area contributed by atoms with Gasteiger partial charge in [-0.3, -0.25) is 13.9 Å². The fourth-order valence-corrected chi connectivity index (χ4v) is 4.34. The van der Waals surface area contributed by atoms with Gasteiger partial charge >= 0.3 is 26.8 Å². The number of nitrogens with one attached hydrogen (secondary N) is 1. The maximum atomic E-state index is 11.8. The first-order valence-electron chi connectivity index (χ1n) is 9.76. The number of hydrogen-bond donors (Lipinski definition) is 7. The zero-order valence-corrected chi connectivity index (χ0v) is 20.0. The van der Waals surface area contributed by atoms with Gasteiger partial charge in [-0.25, -0.2) is 13.2 Å². The lowest BCUT2D eigenvalue weighted by Crippen LogP contribution is -2.68. The predicted octanol–water partition coefficient (Wildman–Crippen LogP) is -4.85. The van der Waals surface area contributed by atoms with Gasteiger partial charge in [-0.2, -0.15) is 16.8 Å². The number of carboxylic acids is 1. The van der Waals surface area contributed by atoms with Crippen molar-refractivity contribution >= 4 is 32.7 Å². The summed E-state index contributed by atoms with van der Waals surface area (Å²) < 4.78 is 92.8. The summed E-state index contributed by atoms with van der Waals surface area (Å²) >= 11 is 0. The monoisotopic (exact) mass is 571 g/mol. The van der Waals surface area contributed by atoms with E-state index in [0.717, 1.165) is 14.0 Å². The molecule has 0 aromatic carbocycles. The van der Waals surface area contributed by atoms with Gasteiger partial charge in [0.1, 0.15) is 42.7 Å². The molecular formula is C15H25NO18S2. The van der Waals surface area contributed by atoms with Gasteiger partial charge in [-0.1, -0.05) is 0 Å². The van der Waals surface area contributed by atoms with Gasteiger partial charge in [0.25, 0.3) is 0 Å². The standard InChI is InChI=1S/C15H25NO18S2/c1-4(17)16-6-11(32-15-9(20)7(18)8(19)12(33-15)13(21)22)10(34-36(26,27)28)5(31-14(6)29-2)3-30-35(23,24)25/h5-12,14-15,18-20H,3H2,1-2H3,(H,16,17)(H,21,22)(H,23,24,25)(H,26,27,28)/t5-,6-,7+,8+,9-,10-,11-,12+,14+,15-/m1/s1. The van der Waals surface area contributed by atoms with Crippen LogP contribution in [0.25, 0.3) is 0 Å². The van der Waals surface area contributed by atoms with E-state index in [9.17, 15) is 51.4 Å². The van der Waals surface area contributed by atoms with Crippen LogP contribution < -0.4 is 5.32 Å². The molecule has 0 saturated carbocycles. The van der Waals surface area contributed by atoms with Crippen molar-refractivity contribution in [1.29, 1.82) is 0 Å². The minimum atomic E-state index is -5.39. The highest BCUT2D eigenvalue weighted by molar-refractivity contribution is 7.81. The largest absolute Gasteiger partial charge is 0.479 e. The molecule has 0 aromatic heterocycles. The van der Waals surface area contributed by atoms with Gasteiger partial charge in [-0.15, -0.1) is 0 Å². The molecular weight excluding hydrogens is 546 g/mol. The first kappa shape index (κ1) is 30.6. The van der Waals surface area contributed by atoms with Crippen molar-refractivity contribution in [2.45, 2.75) is 68.3 Å². The van der Waals surface area contributed by atoms with Crippen molar-refractivity contribution in [3.8, 4) is 0 Å². The number of carboxylic acid groups (broad SMARTS) is 1. The first-order valence-corrected chi connectivity index (χ1v) is 12.5. The van der Waals surface area contributed by atoms with Crippen molar-refractivity contribution in [2.75, 3.05) is 13.7 Å². The molecule has 10 atom stereocenters. The van der Waals surface area contributed by atoms with E-state index in [2.05, 4.69) is 13.7 Å². The van der Waals surface area contributed by atoms with Crippen molar-refractivity contribution < 1.29 is 83.3 Å². The van der Waals surface area contributed by atoms with E-state index in [1.165, 1.54) is 0 Å². The predicted molar refractivity (Wildman–Crippen MR) is 106 cm³/mol. The molecule has 210 valence electrons. The zero-order chi connectivity index (χ0) is 27.6. The Morgan fingerprint density at radius 1 is 0.917 bits per heavy atom. The lowest BCUT2D eigenvalue weighted by molar-refractivity contribution is -0.336. The molecule has 0 aromatic rings. The molecule has 0 aliphatic carbocycles. The Morgan fingerprint density at radius 3 is 2.00 bits per heavy atom. The Labute approximate surface area is 203 Å². The molecule has 0 radical (unpaired) electrons. The lowest BCUT2D eigenvalue weighted by atomic mass is 9.95. The summed E-state index contributed by atoms with van der Waals surface area (Å²) in [6.07, 6.45) is -18.3. The molecule has 36 heavy (non-hydrogen) atoms. The number of methoxy groups -OCH3 is 1. The first-order chi connectivity index (χ1) is 16.4. The zero-order valence-electron chi connectivity index (χ0n) is 18.4. The van der Waals surface area contributed by atoms with Gasteiger partial charge in [0.15, 0.2) is 18.7 Å². The van der Waals surface area contributed by atoms with Crippen LogP contribution in [0.3, 0.4) is 0 Å². The normalized spacial score (nSPS) is 37.9. The highest BCUT2D eigenvalue weighted by Crippen LogP contribution is 2.32. The minimum absolute atomic E-state index is 0.790. The van der Waals surface area contributed by atoms with Gasteiger partial charge in [0.2, 0.25) is 5.91 Å². The van der Waals surface area contributed by atoms with Crippen molar-refractivity contribution in [2.24, 2.45) is 0 Å². The van der Waals surface area contributed by atoms with E-state index in [-0.39, 0.29) is 0 Å². The number of carbonyl (C=O) groups excluding carboxylic acids is 1. The van der Waals surface area contributed by atoms with E-state index in [1.54, 1.807) is 0 Å². The summed E-state index contributed by atoms with van der Waals surface area (Å²) in [6, 6.07) is -1.58. The molecule has 2 aliphatic heterocycles. The van der Waals surface area contributed by atoms with Gasteiger partial charge in [-0.05, 0) is 0 Å². The summed E-state index contributed by atoms with van der Waals surface area (Å²) in [5.74, 6) is -2.58. The van der Waals surface area contributed by atoms with Gasteiger partial charge < -0.3 is 44.7 Å². The average Bonchev–Trinajstić information content (AvgIpc) is 2.73. The maximum absolute atomic E-state index is 11.8. The second-order valence-electron chi connectivity index (χ2n) is 7.54. The maximum Gasteiger partial charge on any atom is 0.397 e. The molecule has 0 bridgehead atoms. The van der Waals surface area contributed by atoms with Crippen LogP contribution in [0.4, 0.5) is 0 Å². The Morgan fingerprint density at radius 2 is 1.53 bits per heavy atom. The highest BCUT2D eigenvalue weighted by Gasteiger charge is 2.54. The summed E-state index contributed by atoms with van der Waals surface area (Å²) in [5, 5.41) is 41.6. The summed E-state index contributed by atoms with van der Waals surface area (Å²) in [6.45, 7) is -0.165. The molecule has 0 spiro atoms. The van der Waals surface area contributed by atoms with Crippen LogP contribution in [-0.2, 0) is 57.7 Å². The third-order valence-electron chi connectivity index (χ3n) is 4.97. The number of aliphatic hydroxyl groups is 3. The number of ether oxygens (including phenoxy) is 4. The van der Waals surface area contributed by atoms with Crippen LogP contribution >= 0.6 is 0 Å². The van der Waals surface area contributed by atoms with Crippen LogP contribution in [0.15, 0.2) is 0 Å². The van der Waals surface area contributed by atoms with E-state index in [0.29, 0.717) is 0 Å². The van der Waals surface area contributed by atoms with E-state index < -0.39 is 101 Å². The number of carbonyl (C=O) groups is 2. The second-order valence-corrected chi connectivity index (χ2v) is 9.68. The molecule has 0 unspecified atom stereocenters. The highest BCUT2D eigenvalue weighted by atomic mass is 32.3. The number of rotatable bonds is 10. The quantitative estimate of drug-likeness (QED) is 0.121. The molecule has 7 N–H and O–H groups in total. The fourth-order valence-electron chi connectivity index (χ4n) is 3.52. The summed E-state index contributed by atoms with van der Waals surface area (Å²) in [5.41, 5.74) is 0. The minimum Gasteiger partial charge on any atom is -0.479 e. The molecule has 2 aliphatic rings. The van der Waals surface area contributed by atoms with E-state index in [4.69, 9.17) is 23.5 Å². The summed E-state index contributed by atoms with van der Waals surface area (Å²) in [4.78, 5) is 23.2.